The molecule has 1 fully saturated rings. The SMILES string of the molecule is CCOC(=O)CNc1cc(OC)ccc1C(=O)N1CCC(N2C(=O)CCc3ccccc32)CC1. The first kappa shape index (κ1) is 23.6. The molecule has 2 amide bonds. The number of rotatable bonds is 7. The Kier molecular flexibility index (Phi) is 7.35. The number of piperidine rings is 1. The lowest BCUT2D eigenvalue weighted by molar-refractivity contribution is -0.140. The number of hydrogen-bond donors (Lipinski definition) is 1. The minimum atomic E-state index is -0.393. The van der Waals surface area contributed by atoms with E-state index in [0.717, 1.165) is 12.1 Å². The number of para-hydroxylation sites is 1. The molecule has 34 heavy (non-hydrogen) atoms. The first-order chi connectivity index (χ1) is 16.5. The smallest absolute Gasteiger partial charge is 0.325 e. The minimum Gasteiger partial charge on any atom is -0.497 e. The van der Waals surface area contributed by atoms with Gasteiger partial charge in [0.05, 0.1) is 25.0 Å². The molecular weight excluding hydrogens is 434 g/mol. The van der Waals surface area contributed by atoms with E-state index in [1.54, 1.807) is 32.2 Å². The molecule has 0 saturated carbocycles. The van der Waals surface area contributed by atoms with Crippen molar-refractivity contribution in [3.63, 3.8) is 0 Å². The van der Waals surface area contributed by atoms with E-state index in [9.17, 15) is 14.4 Å². The Morgan fingerprint density at radius 1 is 1.09 bits per heavy atom. The topological polar surface area (TPSA) is 88.2 Å². The van der Waals surface area contributed by atoms with Gasteiger partial charge in [0.1, 0.15) is 12.3 Å². The van der Waals surface area contributed by atoms with E-state index >= 15 is 0 Å². The van der Waals surface area contributed by atoms with Crippen LogP contribution in [-0.4, -0.2) is 62.1 Å². The van der Waals surface area contributed by atoms with E-state index in [-0.39, 0.29) is 24.4 Å². The lowest BCUT2D eigenvalue weighted by atomic mass is 9.95. The van der Waals surface area contributed by atoms with Crippen molar-refractivity contribution in [2.24, 2.45) is 0 Å². The molecule has 2 aromatic rings. The van der Waals surface area contributed by atoms with Gasteiger partial charge in [-0.05, 0) is 49.9 Å². The van der Waals surface area contributed by atoms with Crippen molar-refractivity contribution in [2.75, 3.05) is 43.6 Å². The molecule has 0 aromatic heterocycles. The molecule has 2 aromatic carbocycles. The summed E-state index contributed by atoms with van der Waals surface area (Å²) in [6, 6.07) is 13.3. The Morgan fingerprint density at radius 2 is 1.85 bits per heavy atom. The van der Waals surface area contributed by atoms with Gasteiger partial charge in [0.2, 0.25) is 5.91 Å². The van der Waals surface area contributed by atoms with Gasteiger partial charge in [0.15, 0.2) is 0 Å². The predicted octanol–water partition coefficient (Wildman–Crippen LogP) is 3.25. The number of nitrogens with one attached hydrogen (secondary N) is 1. The number of aryl methyl sites for hydroxylation is 1. The molecule has 2 aliphatic rings. The third kappa shape index (κ3) is 5.00. The summed E-state index contributed by atoms with van der Waals surface area (Å²) < 4.78 is 10.3. The summed E-state index contributed by atoms with van der Waals surface area (Å²) in [6.45, 7) is 3.11. The van der Waals surface area contributed by atoms with Crippen LogP contribution in [0, 0.1) is 0 Å². The number of methoxy groups -OCH3 is 1. The Balaban J connectivity index is 1.45. The van der Waals surface area contributed by atoms with Crippen molar-refractivity contribution >= 4 is 29.2 Å². The molecule has 0 bridgehead atoms. The van der Waals surface area contributed by atoms with E-state index in [1.165, 1.54) is 5.56 Å². The number of esters is 1. The molecule has 8 nitrogen and oxygen atoms in total. The number of carbonyl (C=O) groups is 3. The molecule has 1 saturated heterocycles. The summed E-state index contributed by atoms with van der Waals surface area (Å²) in [6.07, 6.45) is 2.74. The maximum absolute atomic E-state index is 13.4. The normalized spacial score (nSPS) is 16.1. The van der Waals surface area contributed by atoms with Crippen LogP contribution in [0.3, 0.4) is 0 Å². The van der Waals surface area contributed by atoms with Crippen LogP contribution in [0.4, 0.5) is 11.4 Å². The van der Waals surface area contributed by atoms with E-state index < -0.39 is 5.97 Å². The van der Waals surface area contributed by atoms with Crippen molar-refractivity contribution < 1.29 is 23.9 Å². The molecule has 0 spiro atoms. The fraction of sp³-hybridized carbons (Fsp3) is 0.423. The third-order valence-corrected chi connectivity index (χ3v) is 6.43. The molecule has 2 aliphatic heterocycles. The van der Waals surface area contributed by atoms with Crippen molar-refractivity contribution in [3.8, 4) is 5.75 Å². The van der Waals surface area contributed by atoms with Crippen LogP contribution in [-0.2, 0) is 20.7 Å². The van der Waals surface area contributed by atoms with Crippen molar-refractivity contribution in [1.82, 2.24) is 4.90 Å². The zero-order chi connectivity index (χ0) is 24.1. The molecule has 0 unspecified atom stereocenters. The number of likely N-dealkylation sites (tertiary alicyclic amines) is 1. The Bertz CT molecular complexity index is 1060. The van der Waals surface area contributed by atoms with Gasteiger partial charge in [-0.3, -0.25) is 14.4 Å². The highest BCUT2D eigenvalue weighted by Crippen LogP contribution is 2.33. The summed E-state index contributed by atoms with van der Waals surface area (Å²) in [5, 5.41) is 3.01. The lowest BCUT2D eigenvalue weighted by Crippen LogP contribution is -2.50. The van der Waals surface area contributed by atoms with Crippen molar-refractivity contribution in [2.45, 2.75) is 38.6 Å². The first-order valence-corrected chi connectivity index (χ1v) is 11.8. The van der Waals surface area contributed by atoms with Gasteiger partial charge in [-0.2, -0.15) is 0 Å². The number of hydrogen-bond acceptors (Lipinski definition) is 6. The highest BCUT2D eigenvalue weighted by Gasteiger charge is 2.34. The zero-order valence-electron chi connectivity index (χ0n) is 19.7. The number of nitrogens with zero attached hydrogens (tertiary/aromatic N) is 2. The summed E-state index contributed by atoms with van der Waals surface area (Å²) >= 11 is 0. The van der Waals surface area contributed by atoms with Crippen LogP contribution in [0.1, 0.15) is 42.1 Å². The van der Waals surface area contributed by atoms with Crippen LogP contribution in [0.25, 0.3) is 0 Å². The van der Waals surface area contributed by atoms with Gasteiger partial charge in [0.25, 0.3) is 5.91 Å². The highest BCUT2D eigenvalue weighted by atomic mass is 16.5. The molecule has 1 N–H and O–H groups in total. The van der Waals surface area contributed by atoms with Gasteiger partial charge in [-0.25, -0.2) is 0 Å². The summed E-state index contributed by atoms with van der Waals surface area (Å²) in [5.74, 6) is 0.238. The summed E-state index contributed by atoms with van der Waals surface area (Å²) in [7, 11) is 1.55. The quantitative estimate of drug-likeness (QED) is 0.632. The Labute approximate surface area is 199 Å². The second kappa shape index (κ2) is 10.6. The Hall–Kier alpha value is -3.55. The molecule has 8 heteroatoms. The number of anilines is 2. The first-order valence-electron chi connectivity index (χ1n) is 11.8. The minimum absolute atomic E-state index is 0.0418. The fourth-order valence-electron chi connectivity index (χ4n) is 4.71. The monoisotopic (exact) mass is 465 g/mol. The number of carbonyl (C=O) groups excluding carboxylic acids is 3. The fourth-order valence-corrected chi connectivity index (χ4v) is 4.71. The molecule has 0 radical (unpaired) electrons. The number of benzene rings is 2. The third-order valence-electron chi connectivity index (χ3n) is 6.43. The molecule has 0 atom stereocenters. The van der Waals surface area contributed by atoms with Gasteiger partial charge in [-0.15, -0.1) is 0 Å². The van der Waals surface area contributed by atoms with Crippen molar-refractivity contribution in [1.29, 1.82) is 0 Å². The summed E-state index contributed by atoms with van der Waals surface area (Å²) in [5.41, 5.74) is 3.21. The van der Waals surface area contributed by atoms with E-state index in [2.05, 4.69) is 11.4 Å². The maximum Gasteiger partial charge on any atom is 0.325 e. The largest absolute Gasteiger partial charge is 0.497 e. The second-order valence-electron chi connectivity index (χ2n) is 8.49. The average Bonchev–Trinajstić information content (AvgIpc) is 2.87. The highest BCUT2D eigenvalue weighted by molar-refractivity contribution is 6.00. The molecule has 0 aliphatic carbocycles. The maximum atomic E-state index is 13.4. The number of amides is 2. The molecular formula is C26H31N3O5. The molecule has 2 heterocycles. The average molecular weight is 466 g/mol. The summed E-state index contributed by atoms with van der Waals surface area (Å²) in [4.78, 5) is 41.7. The molecule has 4 rings (SSSR count). The van der Waals surface area contributed by atoms with Gasteiger partial charge in [0, 0.05) is 37.3 Å². The standard InChI is InChI=1S/C26H31N3O5/c1-3-34-25(31)17-27-22-16-20(33-2)9-10-21(22)26(32)28-14-12-19(13-15-28)29-23-7-5-4-6-18(23)8-11-24(29)30/h4-7,9-10,16,19,27H,3,8,11-15,17H2,1-2H3. The van der Waals surface area contributed by atoms with E-state index in [0.29, 0.717) is 56.0 Å². The van der Waals surface area contributed by atoms with Crippen LogP contribution in [0.5, 0.6) is 5.75 Å². The van der Waals surface area contributed by atoms with E-state index in [1.807, 2.05) is 28.0 Å². The van der Waals surface area contributed by atoms with Crippen LogP contribution >= 0.6 is 0 Å². The van der Waals surface area contributed by atoms with Crippen LogP contribution in [0.2, 0.25) is 0 Å². The lowest BCUT2D eigenvalue weighted by Gasteiger charge is -2.41. The van der Waals surface area contributed by atoms with Gasteiger partial charge < -0.3 is 24.6 Å². The second-order valence-corrected chi connectivity index (χ2v) is 8.49. The predicted molar refractivity (Wildman–Crippen MR) is 129 cm³/mol. The number of fused-ring (bicyclic) bond motifs is 1. The Morgan fingerprint density at radius 3 is 2.59 bits per heavy atom. The number of ether oxygens (including phenoxy) is 2. The zero-order valence-corrected chi connectivity index (χ0v) is 19.7. The van der Waals surface area contributed by atoms with E-state index in [4.69, 9.17) is 9.47 Å². The van der Waals surface area contributed by atoms with Gasteiger partial charge >= 0.3 is 5.97 Å². The van der Waals surface area contributed by atoms with Crippen molar-refractivity contribution in [3.05, 3.63) is 53.6 Å². The molecule has 180 valence electrons. The van der Waals surface area contributed by atoms with Gasteiger partial charge in [-0.1, -0.05) is 18.2 Å². The van der Waals surface area contributed by atoms with Crippen LogP contribution < -0.4 is 15.0 Å². The van der Waals surface area contributed by atoms with Crippen LogP contribution in [0.15, 0.2) is 42.5 Å².